The number of aromatic nitrogens is 4. The third-order valence-corrected chi connectivity index (χ3v) is 2.74. The van der Waals surface area contributed by atoms with Gasteiger partial charge in [0, 0.05) is 7.11 Å². The highest BCUT2D eigenvalue weighted by Crippen LogP contribution is 2.17. The van der Waals surface area contributed by atoms with Crippen molar-refractivity contribution in [1.82, 2.24) is 25.5 Å². The van der Waals surface area contributed by atoms with Gasteiger partial charge in [0.1, 0.15) is 0 Å². The van der Waals surface area contributed by atoms with E-state index in [1.165, 1.54) is 0 Å². The lowest BCUT2D eigenvalue weighted by molar-refractivity contribution is 0.141. The SMILES string of the molecule is CCCC(COC)n1nnnc1C(C)NCC. The fraction of sp³-hybridized carbons (Fsp3) is 0.909. The summed E-state index contributed by atoms with van der Waals surface area (Å²) in [7, 11) is 1.71. The molecule has 0 aliphatic heterocycles. The number of hydrogen-bond donors (Lipinski definition) is 1. The molecule has 1 aromatic heterocycles. The number of nitrogens with one attached hydrogen (secondary N) is 1. The van der Waals surface area contributed by atoms with Gasteiger partial charge in [0.15, 0.2) is 5.82 Å². The van der Waals surface area contributed by atoms with E-state index in [9.17, 15) is 0 Å². The summed E-state index contributed by atoms with van der Waals surface area (Å²) >= 11 is 0. The van der Waals surface area contributed by atoms with Gasteiger partial charge < -0.3 is 10.1 Å². The van der Waals surface area contributed by atoms with Crippen molar-refractivity contribution in [2.45, 2.75) is 45.7 Å². The summed E-state index contributed by atoms with van der Waals surface area (Å²) in [5.41, 5.74) is 0. The summed E-state index contributed by atoms with van der Waals surface area (Å²) in [6.07, 6.45) is 2.10. The molecule has 6 nitrogen and oxygen atoms in total. The third kappa shape index (κ3) is 3.74. The van der Waals surface area contributed by atoms with E-state index in [2.05, 4.69) is 41.6 Å². The maximum Gasteiger partial charge on any atom is 0.168 e. The second kappa shape index (κ2) is 7.34. The average Bonchev–Trinajstić information content (AvgIpc) is 2.78. The molecule has 0 radical (unpaired) electrons. The zero-order valence-corrected chi connectivity index (χ0v) is 11.2. The highest BCUT2D eigenvalue weighted by molar-refractivity contribution is 4.91. The van der Waals surface area contributed by atoms with Gasteiger partial charge in [-0.15, -0.1) is 5.10 Å². The van der Waals surface area contributed by atoms with Crippen LogP contribution in [0.2, 0.25) is 0 Å². The highest BCUT2D eigenvalue weighted by atomic mass is 16.5. The van der Waals surface area contributed by atoms with E-state index >= 15 is 0 Å². The molecule has 0 saturated carbocycles. The van der Waals surface area contributed by atoms with E-state index in [4.69, 9.17) is 4.74 Å². The molecule has 1 rings (SSSR count). The Bertz CT molecular complexity index is 309. The minimum Gasteiger partial charge on any atom is -0.382 e. The first kappa shape index (κ1) is 14.1. The Morgan fingerprint density at radius 1 is 1.41 bits per heavy atom. The van der Waals surface area contributed by atoms with Gasteiger partial charge >= 0.3 is 0 Å². The van der Waals surface area contributed by atoms with Crippen molar-refractivity contribution in [1.29, 1.82) is 0 Å². The van der Waals surface area contributed by atoms with Crippen LogP contribution in [-0.2, 0) is 4.74 Å². The Hall–Kier alpha value is -1.01. The quantitative estimate of drug-likeness (QED) is 0.744. The first-order chi connectivity index (χ1) is 8.24. The second-order valence-electron chi connectivity index (χ2n) is 4.16. The van der Waals surface area contributed by atoms with Crippen LogP contribution in [0.25, 0.3) is 0 Å². The number of tetrazole rings is 1. The summed E-state index contributed by atoms with van der Waals surface area (Å²) in [6, 6.07) is 0.377. The summed E-state index contributed by atoms with van der Waals surface area (Å²) in [5, 5.41) is 15.3. The minimum atomic E-state index is 0.159. The van der Waals surface area contributed by atoms with E-state index in [1.807, 2.05) is 4.68 Å². The van der Waals surface area contributed by atoms with Gasteiger partial charge in [0.25, 0.3) is 0 Å². The molecular formula is C11H23N5O. The van der Waals surface area contributed by atoms with Crippen LogP contribution in [0.3, 0.4) is 0 Å². The topological polar surface area (TPSA) is 64.9 Å². The molecule has 2 unspecified atom stereocenters. The lowest BCUT2D eigenvalue weighted by atomic mass is 10.1. The van der Waals surface area contributed by atoms with Crippen molar-refractivity contribution in [3.8, 4) is 0 Å². The highest BCUT2D eigenvalue weighted by Gasteiger charge is 2.20. The second-order valence-corrected chi connectivity index (χ2v) is 4.16. The maximum atomic E-state index is 5.24. The molecular weight excluding hydrogens is 218 g/mol. The summed E-state index contributed by atoms with van der Waals surface area (Å²) in [4.78, 5) is 0. The number of nitrogens with zero attached hydrogens (tertiary/aromatic N) is 4. The fourth-order valence-electron chi connectivity index (χ4n) is 1.94. The van der Waals surface area contributed by atoms with Crippen LogP contribution in [0, 0.1) is 0 Å². The smallest absolute Gasteiger partial charge is 0.168 e. The zero-order valence-electron chi connectivity index (χ0n) is 11.2. The van der Waals surface area contributed by atoms with E-state index in [1.54, 1.807) is 7.11 Å². The molecule has 1 heterocycles. The molecule has 0 bridgehead atoms. The van der Waals surface area contributed by atoms with Gasteiger partial charge in [0.05, 0.1) is 18.7 Å². The van der Waals surface area contributed by atoms with Gasteiger partial charge in [0.2, 0.25) is 0 Å². The molecule has 0 aliphatic rings. The Morgan fingerprint density at radius 3 is 2.76 bits per heavy atom. The van der Waals surface area contributed by atoms with Gasteiger partial charge in [-0.25, -0.2) is 4.68 Å². The standard InChI is InChI=1S/C11H23N5O/c1-5-7-10(8-17-4)16-11(13-14-15-16)9(3)12-6-2/h9-10,12H,5-8H2,1-4H3. The summed E-state index contributed by atoms with van der Waals surface area (Å²) < 4.78 is 7.13. The van der Waals surface area contributed by atoms with Crippen molar-refractivity contribution >= 4 is 0 Å². The van der Waals surface area contributed by atoms with Crippen molar-refractivity contribution in [3.05, 3.63) is 5.82 Å². The molecule has 0 aliphatic carbocycles. The van der Waals surface area contributed by atoms with E-state index in [-0.39, 0.29) is 12.1 Å². The van der Waals surface area contributed by atoms with Gasteiger partial charge in [-0.3, -0.25) is 0 Å². The van der Waals surface area contributed by atoms with Gasteiger partial charge in [-0.1, -0.05) is 20.3 Å². The number of ether oxygens (including phenoxy) is 1. The molecule has 6 heteroatoms. The Balaban J connectivity index is 2.83. The predicted molar refractivity (Wildman–Crippen MR) is 65.7 cm³/mol. The first-order valence-electron chi connectivity index (χ1n) is 6.24. The molecule has 98 valence electrons. The van der Waals surface area contributed by atoms with Crippen LogP contribution in [0.15, 0.2) is 0 Å². The fourth-order valence-corrected chi connectivity index (χ4v) is 1.94. The van der Waals surface area contributed by atoms with Crippen molar-refractivity contribution in [3.63, 3.8) is 0 Å². The molecule has 0 aromatic carbocycles. The summed E-state index contributed by atoms with van der Waals surface area (Å²) in [6.45, 7) is 7.84. The predicted octanol–water partition coefficient (Wildman–Crippen LogP) is 1.33. The molecule has 0 saturated heterocycles. The lowest BCUT2D eigenvalue weighted by Gasteiger charge is -2.19. The molecule has 0 fully saturated rings. The minimum absolute atomic E-state index is 0.159. The molecule has 1 aromatic rings. The van der Waals surface area contributed by atoms with Crippen LogP contribution in [0.4, 0.5) is 0 Å². The number of methoxy groups -OCH3 is 1. The number of hydrogen-bond acceptors (Lipinski definition) is 5. The van der Waals surface area contributed by atoms with Crippen molar-refractivity contribution in [2.24, 2.45) is 0 Å². The molecule has 0 spiro atoms. The van der Waals surface area contributed by atoms with Crippen molar-refractivity contribution in [2.75, 3.05) is 20.3 Å². The van der Waals surface area contributed by atoms with Gasteiger partial charge in [-0.2, -0.15) is 0 Å². The van der Waals surface area contributed by atoms with Crippen LogP contribution in [0.1, 0.15) is 51.5 Å². The molecule has 0 amide bonds. The van der Waals surface area contributed by atoms with Crippen molar-refractivity contribution < 1.29 is 4.74 Å². The maximum absolute atomic E-state index is 5.24. The van der Waals surface area contributed by atoms with Crippen LogP contribution in [-0.4, -0.2) is 40.5 Å². The van der Waals surface area contributed by atoms with Crippen LogP contribution in [0.5, 0.6) is 0 Å². The molecule has 1 N–H and O–H groups in total. The Labute approximate surface area is 103 Å². The average molecular weight is 241 g/mol. The number of rotatable bonds is 8. The van der Waals surface area contributed by atoms with Gasteiger partial charge in [-0.05, 0) is 30.3 Å². The summed E-state index contributed by atoms with van der Waals surface area (Å²) in [5.74, 6) is 0.877. The largest absolute Gasteiger partial charge is 0.382 e. The Kier molecular flexibility index (Phi) is 6.07. The van der Waals surface area contributed by atoms with Crippen LogP contribution >= 0.6 is 0 Å². The van der Waals surface area contributed by atoms with Crippen LogP contribution < -0.4 is 5.32 Å². The normalized spacial score (nSPS) is 14.8. The Morgan fingerprint density at radius 2 is 2.18 bits per heavy atom. The van der Waals surface area contributed by atoms with E-state index in [0.717, 1.165) is 25.2 Å². The lowest BCUT2D eigenvalue weighted by Crippen LogP contribution is -2.25. The van der Waals surface area contributed by atoms with E-state index in [0.29, 0.717) is 6.61 Å². The zero-order chi connectivity index (χ0) is 12.7. The molecule has 2 atom stereocenters. The third-order valence-electron chi connectivity index (χ3n) is 2.74. The molecule has 17 heavy (non-hydrogen) atoms. The monoisotopic (exact) mass is 241 g/mol. The first-order valence-corrected chi connectivity index (χ1v) is 6.24. The van der Waals surface area contributed by atoms with E-state index < -0.39 is 0 Å².